The predicted octanol–water partition coefficient (Wildman–Crippen LogP) is 2.46. The average Bonchev–Trinajstić information content (AvgIpc) is 3.07. The van der Waals surface area contributed by atoms with Gasteiger partial charge in [0.05, 0.1) is 0 Å². The number of carbonyl (C=O) groups is 3. The second kappa shape index (κ2) is 9.75. The molecule has 0 saturated heterocycles. The van der Waals surface area contributed by atoms with Crippen LogP contribution in [0.3, 0.4) is 0 Å². The number of rotatable bonds is 8. The third-order valence-corrected chi connectivity index (χ3v) is 4.28. The molecule has 0 saturated carbocycles. The maximum atomic E-state index is 12.3. The molecule has 2 N–H and O–H groups in total. The van der Waals surface area contributed by atoms with E-state index in [-0.39, 0.29) is 18.1 Å². The van der Waals surface area contributed by atoms with Crippen LogP contribution in [0.4, 0.5) is 5.69 Å². The Kier molecular flexibility index (Phi) is 6.86. The van der Waals surface area contributed by atoms with E-state index < -0.39 is 24.3 Å². The number of ether oxygens (including phenoxy) is 2. The number of hydrogen-bond donors (Lipinski definition) is 2. The maximum absolute atomic E-state index is 12.3. The Morgan fingerprint density at radius 1 is 1.10 bits per heavy atom. The van der Waals surface area contributed by atoms with Gasteiger partial charge in [0.25, 0.3) is 5.91 Å². The van der Waals surface area contributed by atoms with Gasteiger partial charge in [0.15, 0.2) is 18.8 Å². The molecule has 29 heavy (non-hydrogen) atoms. The van der Waals surface area contributed by atoms with E-state index in [0.29, 0.717) is 23.7 Å². The van der Waals surface area contributed by atoms with Crippen molar-refractivity contribution in [3.05, 3.63) is 76.6 Å². The molecule has 3 rings (SSSR count). The van der Waals surface area contributed by atoms with Crippen LogP contribution >= 0.6 is 11.6 Å². The first-order valence-electron chi connectivity index (χ1n) is 8.93. The van der Waals surface area contributed by atoms with E-state index in [0.717, 1.165) is 5.56 Å². The topological polar surface area (TPSA) is 93.7 Å². The molecule has 2 aromatic rings. The standard InChI is InChI=1S/C21H19ClN2O5/c22-15-6-4-5-14(11-15)9-10-23-18(26)13-29-21(27)19-17(25)12-28-20(19)24-16-7-2-1-3-8-16/h1-8,11,24H,9-10,12-13H2,(H,23,26). The first-order chi connectivity index (χ1) is 14.0. The van der Waals surface area contributed by atoms with Gasteiger partial charge in [0, 0.05) is 17.3 Å². The van der Waals surface area contributed by atoms with Crippen molar-refractivity contribution in [3.8, 4) is 0 Å². The Labute approximate surface area is 172 Å². The average molecular weight is 415 g/mol. The van der Waals surface area contributed by atoms with Gasteiger partial charge in [-0.2, -0.15) is 0 Å². The van der Waals surface area contributed by atoms with Gasteiger partial charge < -0.3 is 20.1 Å². The van der Waals surface area contributed by atoms with E-state index >= 15 is 0 Å². The fourth-order valence-electron chi connectivity index (χ4n) is 2.66. The highest BCUT2D eigenvalue weighted by atomic mass is 35.5. The van der Waals surface area contributed by atoms with E-state index in [1.165, 1.54) is 0 Å². The molecule has 1 aliphatic rings. The molecule has 0 unspecified atom stereocenters. The lowest BCUT2D eigenvalue weighted by molar-refractivity contribution is -0.145. The quantitative estimate of drug-likeness (QED) is 0.509. The van der Waals surface area contributed by atoms with Gasteiger partial charge >= 0.3 is 5.97 Å². The number of halogens is 1. The van der Waals surface area contributed by atoms with Crippen LogP contribution in [-0.4, -0.2) is 37.4 Å². The molecule has 1 aliphatic heterocycles. The minimum absolute atomic E-state index is 0.0209. The van der Waals surface area contributed by atoms with Crippen molar-refractivity contribution in [2.75, 3.05) is 25.1 Å². The lowest BCUT2D eigenvalue weighted by Gasteiger charge is -2.09. The Morgan fingerprint density at radius 2 is 1.90 bits per heavy atom. The molecule has 0 bridgehead atoms. The number of benzene rings is 2. The normalized spacial score (nSPS) is 13.1. The summed E-state index contributed by atoms with van der Waals surface area (Å²) in [4.78, 5) is 36.2. The van der Waals surface area contributed by atoms with E-state index in [1.807, 2.05) is 24.3 Å². The van der Waals surface area contributed by atoms with Crippen molar-refractivity contribution in [3.63, 3.8) is 0 Å². The van der Waals surface area contributed by atoms with Crippen molar-refractivity contribution in [1.29, 1.82) is 0 Å². The third-order valence-electron chi connectivity index (χ3n) is 4.05. The zero-order valence-electron chi connectivity index (χ0n) is 15.4. The highest BCUT2D eigenvalue weighted by molar-refractivity contribution is 6.30. The van der Waals surface area contributed by atoms with E-state index in [1.54, 1.807) is 30.3 Å². The third kappa shape index (κ3) is 5.83. The molecule has 2 aromatic carbocycles. The molecular formula is C21H19ClN2O5. The van der Waals surface area contributed by atoms with Gasteiger partial charge in [-0.15, -0.1) is 0 Å². The molecule has 7 nitrogen and oxygen atoms in total. The van der Waals surface area contributed by atoms with Gasteiger partial charge in [0.2, 0.25) is 11.7 Å². The molecule has 1 heterocycles. The SMILES string of the molecule is O=C(COC(=O)C1=C(Nc2ccccc2)OCC1=O)NCCc1cccc(Cl)c1. The summed E-state index contributed by atoms with van der Waals surface area (Å²) in [6, 6.07) is 16.3. The zero-order chi connectivity index (χ0) is 20.6. The molecule has 150 valence electrons. The van der Waals surface area contributed by atoms with Gasteiger partial charge in [-0.25, -0.2) is 4.79 Å². The number of nitrogens with one attached hydrogen (secondary N) is 2. The van der Waals surface area contributed by atoms with Crippen LogP contribution in [0.15, 0.2) is 66.1 Å². The molecule has 0 spiro atoms. The Morgan fingerprint density at radius 3 is 2.66 bits per heavy atom. The van der Waals surface area contributed by atoms with Crippen LogP contribution in [0.25, 0.3) is 0 Å². The number of hydrogen-bond acceptors (Lipinski definition) is 6. The monoisotopic (exact) mass is 414 g/mol. The minimum Gasteiger partial charge on any atom is -0.470 e. The molecular weight excluding hydrogens is 396 g/mol. The van der Waals surface area contributed by atoms with Gasteiger partial charge in [-0.05, 0) is 36.2 Å². The lowest BCUT2D eigenvalue weighted by Crippen LogP contribution is -2.31. The summed E-state index contributed by atoms with van der Waals surface area (Å²) >= 11 is 5.92. The number of Topliss-reactive ketones (excluding diaryl/α,β-unsaturated/α-hetero) is 1. The van der Waals surface area contributed by atoms with Crippen LogP contribution in [0, 0.1) is 0 Å². The summed E-state index contributed by atoms with van der Waals surface area (Å²) in [5.41, 5.74) is 1.40. The highest BCUT2D eigenvalue weighted by Gasteiger charge is 2.32. The first-order valence-corrected chi connectivity index (χ1v) is 9.31. The van der Waals surface area contributed by atoms with Crippen LogP contribution in [0.5, 0.6) is 0 Å². The summed E-state index contributed by atoms with van der Waals surface area (Å²) in [7, 11) is 0. The number of ketones is 1. The second-order valence-electron chi connectivity index (χ2n) is 6.21. The summed E-state index contributed by atoms with van der Waals surface area (Å²) in [5.74, 6) is -1.86. The van der Waals surface area contributed by atoms with E-state index in [2.05, 4.69) is 10.6 Å². The summed E-state index contributed by atoms with van der Waals surface area (Å²) in [6.45, 7) is -0.391. The maximum Gasteiger partial charge on any atom is 0.347 e. The van der Waals surface area contributed by atoms with Crippen LogP contribution < -0.4 is 10.6 Å². The van der Waals surface area contributed by atoms with Crippen molar-refractivity contribution < 1.29 is 23.9 Å². The van der Waals surface area contributed by atoms with Crippen LogP contribution in [0.2, 0.25) is 5.02 Å². The van der Waals surface area contributed by atoms with E-state index in [9.17, 15) is 14.4 Å². The summed E-state index contributed by atoms with van der Waals surface area (Å²) in [5, 5.41) is 6.15. The molecule has 8 heteroatoms. The molecule has 0 fully saturated rings. The number of amides is 1. The Hall–Kier alpha value is -3.32. The van der Waals surface area contributed by atoms with Crippen LogP contribution in [-0.2, 0) is 30.3 Å². The fraction of sp³-hybridized carbons (Fsp3) is 0.190. The number of esters is 1. The van der Waals surface area contributed by atoms with Gasteiger partial charge in [-0.3, -0.25) is 9.59 Å². The molecule has 0 aromatic heterocycles. The molecule has 0 radical (unpaired) electrons. The highest BCUT2D eigenvalue weighted by Crippen LogP contribution is 2.20. The lowest BCUT2D eigenvalue weighted by atomic mass is 10.1. The molecule has 0 aliphatic carbocycles. The summed E-state index contributed by atoms with van der Waals surface area (Å²) in [6.07, 6.45) is 0.586. The second-order valence-corrected chi connectivity index (χ2v) is 6.65. The van der Waals surface area contributed by atoms with Crippen molar-refractivity contribution >= 4 is 34.9 Å². The summed E-state index contributed by atoms with van der Waals surface area (Å²) < 4.78 is 10.2. The van der Waals surface area contributed by atoms with Gasteiger partial charge in [-0.1, -0.05) is 41.9 Å². The Bertz CT molecular complexity index is 943. The fourth-order valence-corrected chi connectivity index (χ4v) is 2.87. The largest absolute Gasteiger partial charge is 0.470 e. The number of anilines is 1. The predicted molar refractivity (Wildman–Crippen MR) is 107 cm³/mol. The number of para-hydroxylation sites is 1. The number of carbonyl (C=O) groups excluding carboxylic acids is 3. The molecule has 1 amide bonds. The zero-order valence-corrected chi connectivity index (χ0v) is 16.2. The van der Waals surface area contributed by atoms with Gasteiger partial charge in [0.1, 0.15) is 0 Å². The first kappa shape index (κ1) is 20.4. The van der Waals surface area contributed by atoms with Crippen molar-refractivity contribution in [2.45, 2.75) is 6.42 Å². The Balaban J connectivity index is 1.50. The van der Waals surface area contributed by atoms with Crippen molar-refractivity contribution in [1.82, 2.24) is 5.32 Å². The molecule has 0 atom stereocenters. The van der Waals surface area contributed by atoms with Crippen molar-refractivity contribution in [2.24, 2.45) is 0 Å². The van der Waals surface area contributed by atoms with E-state index in [4.69, 9.17) is 21.1 Å². The van der Waals surface area contributed by atoms with Crippen LogP contribution in [0.1, 0.15) is 5.56 Å². The smallest absolute Gasteiger partial charge is 0.347 e. The minimum atomic E-state index is -0.907.